The van der Waals surface area contributed by atoms with Crippen LogP contribution >= 0.6 is 23.5 Å². The second-order valence-electron chi connectivity index (χ2n) is 13.0. The summed E-state index contributed by atoms with van der Waals surface area (Å²) in [5, 5.41) is 7.44. The second-order valence-corrected chi connectivity index (χ2v) is 15.0. The van der Waals surface area contributed by atoms with E-state index in [0.717, 1.165) is 49.0 Å². The molecule has 0 saturated heterocycles. The average Bonchev–Trinajstić information content (AvgIpc) is 3.94. The number of imidazole rings is 1. The van der Waals surface area contributed by atoms with Gasteiger partial charge in [-0.3, -0.25) is 9.59 Å². The minimum absolute atomic E-state index is 0.208. The standard InChI is InChI=1S/C22H17FN4OS.C22H17FN2O2S.C2H7N/c23-17-6-1-14(2-7-17)16-5-10-19(24)20(11-16)27-22(28)15-3-8-18(9-4-15)29-21-12-25-13-26-21;1-28-17-7-9-20-15(10-17)12-21(27-20)22(26)25-19-11-14(4-8-18(19)24)13-2-5-16(23)6-3-13;1-2-3/h1-13H,24H2,(H,25,26)(H,27,28);2-12H,24H2,1H3,(H,25,26);2-3H2,1H3. The van der Waals surface area contributed by atoms with Crippen molar-refractivity contribution in [2.24, 2.45) is 5.73 Å². The molecule has 0 bridgehead atoms. The van der Waals surface area contributed by atoms with Crippen molar-refractivity contribution in [2.75, 3.05) is 34.9 Å². The van der Waals surface area contributed by atoms with Gasteiger partial charge in [-0.2, -0.15) is 0 Å². The molecule has 0 saturated carbocycles. The van der Waals surface area contributed by atoms with Crippen LogP contribution in [0.4, 0.5) is 31.5 Å². The summed E-state index contributed by atoms with van der Waals surface area (Å²) in [4.78, 5) is 34.4. The van der Waals surface area contributed by atoms with E-state index >= 15 is 0 Å². The Balaban J connectivity index is 0.000000189. The van der Waals surface area contributed by atoms with Crippen LogP contribution in [0.2, 0.25) is 0 Å². The third kappa shape index (κ3) is 11.2. The van der Waals surface area contributed by atoms with Crippen molar-refractivity contribution in [1.82, 2.24) is 9.97 Å². The van der Waals surface area contributed by atoms with Crippen LogP contribution in [-0.4, -0.2) is 34.6 Å². The number of halogens is 2. The summed E-state index contributed by atoms with van der Waals surface area (Å²) in [6.07, 6.45) is 5.35. The molecule has 2 aromatic heterocycles. The van der Waals surface area contributed by atoms with Crippen molar-refractivity contribution in [1.29, 1.82) is 0 Å². The molecular weight excluding hydrogens is 801 g/mol. The number of aromatic amines is 1. The summed E-state index contributed by atoms with van der Waals surface area (Å²) in [7, 11) is 0. The Morgan fingerprint density at radius 2 is 1.20 bits per heavy atom. The fourth-order valence-electron chi connectivity index (χ4n) is 5.71. The third-order valence-corrected chi connectivity index (χ3v) is 10.4. The summed E-state index contributed by atoms with van der Waals surface area (Å²) >= 11 is 3.15. The van der Waals surface area contributed by atoms with Gasteiger partial charge in [0, 0.05) is 20.7 Å². The van der Waals surface area contributed by atoms with Gasteiger partial charge >= 0.3 is 0 Å². The predicted molar refractivity (Wildman–Crippen MR) is 240 cm³/mol. The smallest absolute Gasteiger partial charge is 0.291 e. The number of carbonyl (C=O) groups is 2. The number of aromatic nitrogens is 2. The Morgan fingerprint density at radius 1 is 0.683 bits per heavy atom. The van der Waals surface area contributed by atoms with E-state index in [1.165, 1.54) is 36.0 Å². The first-order valence-corrected chi connectivity index (χ1v) is 20.5. The number of anilines is 4. The van der Waals surface area contributed by atoms with Crippen molar-refractivity contribution in [2.45, 2.75) is 21.7 Å². The summed E-state index contributed by atoms with van der Waals surface area (Å²) in [6.45, 7) is 2.65. The van der Waals surface area contributed by atoms with Crippen LogP contribution < -0.4 is 27.8 Å². The lowest BCUT2D eigenvalue weighted by Crippen LogP contribution is -2.13. The van der Waals surface area contributed by atoms with Gasteiger partial charge in [0.15, 0.2) is 5.76 Å². The van der Waals surface area contributed by atoms with Gasteiger partial charge < -0.3 is 37.2 Å². The highest BCUT2D eigenvalue weighted by Gasteiger charge is 2.15. The van der Waals surface area contributed by atoms with E-state index < -0.39 is 0 Å². The first-order chi connectivity index (χ1) is 29.0. The van der Waals surface area contributed by atoms with Crippen LogP contribution in [0.1, 0.15) is 27.8 Å². The maximum absolute atomic E-state index is 13.2. The van der Waals surface area contributed by atoms with Crippen molar-refractivity contribution >= 4 is 69.1 Å². The number of benzene rings is 6. The molecule has 0 unspecified atom stereocenters. The van der Waals surface area contributed by atoms with E-state index in [9.17, 15) is 18.4 Å². The van der Waals surface area contributed by atoms with Crippen molar-refractivity contribution in [3.8, 4) is 22.3 Å². The third-order valence-electron chi connectivity index (χ3n) is 8.72. The number of furan rings is 1. The van der Waals surface area contributed by atoms with Gasteiger partial charge in [-0.15, -0.1) is 11.8 Å². The molecule has 0 fully saturated rings. The van der Waals surface area contributed by atoms with Crippen LogP contribution in [0.15, 0.2) is 165 Å². The highest BCUT2D eigenvalue weighted by atomic mass is 32.2. The number of carbonyl (C=O) groups excluding carboxylic acids is 2. The Bertz CT molecular complexity index is 2690. The summed E-state index contributed by atoms with van der Waals surface area (Å²) < 4.78 is 32.0. The highest BCUT2D eigenvalue weighted by Crippen LogP contribution is 2.31. The SMILES string of the molecule is CCN.CSc1ccc2oc(C(=O)Nc3cc(-c4ccc(F)cc4)ccc3N)cc2c1.Nc1ccc(-c2ccc(F)cc2)cc1NC(=O)c1ccc(Sc2cnc[nH]2)cc1. The first-order valence-electron chi connectivity index (χ1n) is 18.5. The first kappa shape index (κ1) is 42.7. The van der Waals surface area contributed by atoms with Crippen LogP contribution in [0, 0.1) is 11.6 Å². The minimum Gasteiger partial charge on any atom is -0.451 e. The van der Waals surface area contributed by atoms with Gasteiger partial charge in [-0.05, 0) is 132 Å². The number of thioether (sulfide) groups is 1. The average molecular weight is 842 g/mol. The molecule has 2 heterocycles. The number of nitrogens with two attached hydrogens (primary N) is 3. The largest absolute Gasteiger partial charge is 0.451 e. The Hall–Kier alpha value is -6.87. The fourth-order valence-corrected chi connectivity index (χ4v) is 6.91. The molecule has 6 aromatic carbocycles. The normalized spacial score (nSPS) is 10.6. The molecule has 0 radical (unpaired) electrons. The lowest BCUT2D eigenvalue weighted by molar-refractivity contribution is 0.0996. The van der Waals surface area contributed by atoms with Gasteiger partial charge in [0.05, 0.1) is 40.3 Å². The molecule has 8 aromatic rings. The number of H-pyrrole nitrogens is 1. The Kier molecular flexibility index (Phi) is 14.4. The van der Waals surface area contributed by atoms with E-state index in [4.69, 9.17) is 21.6 Å². The number of hydrogen-bond acceptors (Lipinski definition) is 9. The van der Waals surface area contributed by atoms with E-state index in [-0.39, 0.29) is 29.2 Å². The number of hydrogen-bond donors (Lipinski definition) is 6. The molecule has 10 nitrogen and oxygen atoms in total. The van der Waals surface area contributed by atoms with E-state index in [0.29, 0.717) is 33.9 Å². The predicted octanol–water partition coefficient (Wildman–Crippen LogP) is 11.0. The lowest BCUT2D eigenvalue weighted by atomic mass is 10.0. The summed E-state index contributed by atoms with van der Waals surface area (Å²) in [5.41, 5.74) is 23.2. The molecular formula is C46H41F2N7O3S2. The number of fused-ring (bicyclic) bond motifs is 1. The summed E-state index contributed by atoms with van der Waals surface area (Å²) in [6, 6.07) is 37.7. The monoisotopic (exact) mass is 841 g/mol. The zero-order valence-corrected chi connectivity index (χ0v) is 34.2. The number of rotatable bonds is 9. The molecule has 14 heteroatoms. The zero-order valence-electron chi connectivity index (χ0n) is 32.5. The topological polar surface area (TPSA) is 178 Å². The van der Waals surface area contributed by atoms with Gasteiger partial charge in [-0.1, -0.05) is 55.1 Å². The van der Waals surface area contributed by atoms with Crippen LogP contribution in [0.25, 0.3) is 33.2 Å². The minimum atomic E-state index is -0.384. The maximum atomic E-state index is 13.2. The van der Waals surface area contributed by atoms with Gasteiger partial charge in [0.1, 0.15) is 17.2 Å². The zero-order chi connectivity index (χ0) is 42.6. The van der Waals surface area contributed by atoms with Crippen molar-refractivity contribution in [3.05, 3.63) is 169 Å². The molecule has 0 spiro atoms. The van der Waals surface area contributed by atoms with Crippen LogP contribution in [0.5, 0.6) is 0 Å². The van der Waals surface area contributed by atoms with Crippen LogP contribution in [0.3, 0.4) is 0 Å². The molecule has 0 aliphatic rings. The molecule has 0 atom stereocenters. The maximum Gasteiger partial charge on any atom is 0.291 e. The van der Waals surface area contributed by atoms with Crippen molar-refractivity contribution in [3.63, 3.8) is 0 Å². The fraction of sp³-hybridized carbons (Fsp3) is 0.0652. The second kappa shape index (κ2) is 20.2. The number of nitrogens with zero attached hydrogens (tertiary/aromatic N) is 1. The van der Waals surface area contributed by atoms with Gasteiger partial charge in [-0.25, -0.2) is 13.8 Å². The molecule has 0 aliphatic carbocycles. The van der Waals surface area contributed by atoms with Gasteiger partial charge in [0.2, 0.25) is 0 Å². The summed E-state index contributed by atoms with van der Waals surface area (Å²) in [5.74, 6) is -1.04. The molecule has 2 amide bonds. The lowest BCUT2D eigenvalue weighted by Gasteiger charge is -2.11. The van der Waals surface area contributed by atoms with E-state index in [2.05, 4.69) is 20.6 Å². The van der Waals surface area contributed by atoms with Crippen molar-refractivity contribution < 1.29 is 22.8 Å². The number of nitrogens with one attached hydrogen (secondary N) is 3. The Labute approximate surface area is 354 Å². The van der Waals surface area contributed by atoms with E-state index in [1.807, 2.05) is 55.6 Å². The molecule has 304 valence electrons. The van der Waals surface area contributed by atoms with Crippen LogP contribution in [-0.2, 0) is 0 Å². The molecule has 8 rings (SSSR count). The number of amides is 2. The number of nitrogen functional groups attached to an aromatic ring is 2. The molecule has 60 heavy (non-hydrogen) atoms. The van der Waals surface area contributed by atoms with E-state index in [1.54, 1.807) is 91.0 Å². The molecule has 0 aliphatic heterocycles. The van der Waals surface area contributed by atoms with Gasteiger partial charge in [0.25, 0.3) is 11.8 Å². The molecule has 9 N–H and O–H groups in total. The highest BCUT2D eigenvalue weighted by molar-refractivity contribution is 7.99. The quantitative estimate of drug-likeness (QED) is 0.0609. The Morgan fingerprint density at radius 3 is 1.72 bits per heavy atom.